The van der Waals surface area contributed by atoms with Crippen LogP contribution in [-0.2, 0) is 0 Å². The molecule has 6 nitrogen and oxygen atoms in total. The minimum absolute atomic E-state index is 0.526. The van der Waals surface area contributed by atoms with E-state index in [1.807, 2.05) is 76.3 Å². The lowest BCUT2D eigenvalue weighted by molar-refractivity contribution is 0.257. The van der Waals surface area contributed by atoms with Crippen LogP contribution in [-0.4, -0.2) is 90.5 Å². The Morgan fingerprint density at radius 2 is 1.04 bits per heavy atom. The molecule has 1 aromatic rings. The lowest BCUT2D eigenvalue weighted by atomic mass is 10.3. The van der Waals surface area contributed by atoms with E-state index in [2.05, 4.69) is 0 Å². The molecule has 0 amide bonds. The maximum absolute atomic E-state index is 10.7. The van der Waals surface area contributed by atoms with Gasteiger partial charge in [0.1, 0.15) is 24.7 Å². The van der Waals surface area contributed by atoms with Gasteiger partial charge in [-0.05, 0) is 66.5 Å². The van der Waals surface area contributed by atoms with E-state index in [1.165, 1.54) is 0 Å². The number of rotatable bonds is 10. The van der Waals surface area contributed by atoms with Crippen LogP contribution in [0.5, 0.6) is 11.5 Å². The molecular formula is C18H36N2O4Si2. The predicted molar refractivity (Wildman–Crippen MR) is 113 cm³/mol. The molecule has 8 heteroatoms. The minimum atomic E-state index is -2.62. The van der Waals surface area contributed by atoms with Crippen LogP contribution >= 0.6 is 0 Å². The van der Waals surface area contributed by atoms with E-state index in [4.69, 9.17) is 9.47 Å². The van der Waals surface area contributed by atoms with E-state index < -0.39 is 16.6 Å². The number of benzene rings is 1. The van der Waals surface area contributed by atoms with Crippen LogP contribution in [0, 0.1) is 0 Å². The summed E-state index contributed by atoms with van der Waals surface area (Å²) in [6.07, 6.45) is 0. The van der Waals surface area contributed by atoms with Crippen molar-refractivity contribution >= 4 is 27.0 Å². The smallest absolute Gasteiger partial charge is 0.217 e. The highest BCUT2D eigenvalue weighted by Gasteiger charge is 2.32. The fraction of sp³-hybridized carbons (Fsp3) is 0.667. The van der Waals surface area contributed by atoms with Crippen molar-refractivity contribution < 1.29 is 19.1 Å². The van der Waals surface area contributed by atoms with Crippen molar-refractivity contribution in [1.29, 1.82) is 0 Å². The second kappa shape index (κ2) is 9.34. The summed E-state index contributed by atoms with van der Waals surface area (Å²) >= 11 is 0. The number of ether oxygens (including phenoxy) is 2. The van der Waals surface area contributed by atoms with E-state index in [1.54, 1.807) is 0 Å². The molecule has 26 heavy (non-hydrogen) atoms. The monoisotopic (exact) mass is 400 g/mol. The second-order valence-corrected chi connectivity index (χ2v) is 15.6. The maximum atomic E-state index is 10.7. The van der Waals surface area contributed by atoms with Gasteiger partial charge < -0.3 is 28.9 Å². The van der Waals surface area contributed by atoms with Gasteiger partial charge in [-0.2, -0.15) is 0 Å². The fourth-order valence-corrected chi connectivity index (χ4v) is 4.89. The molecule has 0 fully saturated rings. The molecule has 0 aromatic heterocycles. The van der Waals surface area contributed by atoms with Crippen LogP contribution in [0.25, 0.3) is 0 Å². The second-order valence-electron chi connectivity index (χ2n) is 8.27. The summed E-state index contributed by atoms with van der Waals surface area (Å²) in [6.45, 7) is 10.1. The van der Waals surface area contributed by atoms with Gasteiger partial charge in [0.05, 0.1) is 0 Å². The van der Waals surface area contributed by atoms with E-state index in [0.29, 0.717) is 24.7 Å². The molecule has 0 bridgehead atoms. The van der Waals surface area contributed by atoms with Gasteiger partial charge in [-0.15, -0.1) is 0 Å². The first-order valence-electron chi connectivity index (χ1n) is 9.01. The van der Waals surface area contributed by atoms with Gasteiger partial charge in [0.15, 0.2) is 0 Å². The molecule has 0 unspecified atom stereocenters. The van der Waals surface area contributed by atoms with Crippen LogP contribution in [0.4, 0.5) is 0 Å². The molecule has 0 aliphatic heterocycles. The Bertz CT molecular complexity index is 530. The summed E-state index contributed by atoms with van der Waals surface area (Å²) in [6, 6.07) is 3.76. The van der Waals surface area contributed by atoms with Crippen LogP contribution in [0.15, 0.2) is 12.1 Å². The third kappa shape index (κ3) is 7.38. The Morgan fingerprint density at radius 3 is 1.27 bits per heavy atom. The Kier molecular flexibility index (Phi) is 8.31. The van der Waals surface area contributed by atoms with Gasteiger partial charge in [-0.25, -0.2) is 0 Å². The highest BCUT2D eigenvalue weighted by atomic mass is 28.4. The van der Waals surface area contributed by atoms with E-state index >= 15 is 0 Å². The SMILES string of the molecule is CN(C)CCOc1cc([Si](C)(C)O)c(OCCN(C)C)cc1[Si](C)(C)O. The molecule has 0 saturated carbocycles. The topological polar surface area (TPSA) is 65.4 Å². The van der Waals surface area contributed by atoms with Gasteiger partial charge in [-0.3, -0.25) is 0 Å². The molecule has 2 N–H and O–H groups in total. The zero-order valence-electron chi connectivity index (χ0n) is 17.6. The Balaban J connectivity index is 3.27. The quantitative estimate of drug-likeness (QED) is 0.554. The van der Waals surface area contributed by atoms with Crippen molar-refractivity contribution in [2.45, 2.75) is 26.2 Å². The number of likely N-dealkylation sites (N-methyl/N-ethyl adjacent to an activating group) is 2. The van der Waals surface area contributed by atoms with Gasteiger partial charge in [0.25, 0.3) is 0 Å². The van der Waals surface area contributed by atoms with Gasteiger partial charge >= 0.3 is 0 Å². The Morgan fingerprint density at radius 1 is 0.731 bits per heavy atom. The number of hydrogen-bond donors (Lipinski definition) is 2. The Hall–Kier alpha value is -0.906. The summed E-state index contributed by atoms with van der Waals surface area (Å²) in [7, 11) is 2.72. The van der Waals surface area contributed by atoms with Gasteiger partial charge in [0.2, 0.25) is 16.6 Å². The first-order chi connectivity index (χ1) is 11.8. The highest BCUT2D eigenvalue weighted by molar-refractivity contribution is 6.86. The standard InChI is InChI=1S/C18H36N2O4Si2/c1-19(2)9-11-23-15-13-18(26(7,8)22)16(24-12-10-20(3)4)14-17(15)25(5,6)21/h13-14,21-22H,9-12H2,1-8H3. The number of hydrogen-bond acceptors (Lipinski definition) is 6. The van der Waals surface area contributed by atoms with Crippen molar-refractivity contribution in [1.82, 2.24) is 9.80 Å². The molecule has 1 aromatic carbocycles. The first-order valence-corrected chi connectivity index (χ1v) is 14.9. The molecule has 150 valence electrons. The van der Waals surface area contributed by atoms with E-state index in [-0.39, 0.29) is 0 Å². The zero-order valence-corrected chi connectivity index (χ0v) is 19.6. The summed E-state index contributed by atoms with van der Waals surface area (Å²) in [5.74, 6) is 1.33. The molecule has 0 aliphatic rings. The molecule has 0 aliphatic carbocycles. The first kappa shape index (κ1) is 23.1. The summed E-state index contributed by atoms with van der Waals surface area (Å²) < 4.78 is 12.0. The highest BCUT2D eigenvalue weighted by Crippen LogP contribution is 2.21. The summed E-state index contributed by atoms with van der Waals surface area (Å²) in [4.78, 5) is 25.6. The van der Waals surface area contributed by atoms with Crippen molar-refractivity contribution in [3.05, 3.63) is 12.1 Å². The summed E-state index contributed by atoms with van der Waals surface area (Å²) in [5, 5.41) is 1.61. The normalized spacial score (nSPS) is 12.8. The lowest BCUT2D eigenvalue weighted by Gasteiger charge is -2.26. The molecule has 0 atom stereocenters. The van der Waals surface area contributed by atoms with E-state index in [0.717, 1.165) is 23.5 Å². The van der Waals surface area contributed by atoms with Gasteiger partial charge in [0, 0.05) is 23.5 Å². The molecule has 0 spiro atoms. The predicted octanol–water partition coefficient (Wildman–Crippen LogP) is 0.376. The molecule has 1 rings (SSSR count). The largest absolute Gasteiger partial charge is 0.492 e. The number of nitrogens with zero attached hydrogens (tertiary/aromatic N) is 2. The average Bonchev–Trinajstić information content (AvgIpc) is 2.44. The third-order valence-electron chi connectivity index (χ3n) is 3.99. The molecule has 0 heterocycles. The van der Waals surface area contributed by atoms with Crippen LogP contribution < -0.4 is 19.8 Å². The summed E-state index contributed by atoms with van der Waals surface area (Å²) in [5.41, 5.74) is 0. The molecular weight excluding hydrogens is 364 g/mol. The lowest BCUT2D eigenvalue weighted by Crippen LogP contribution is -2.47. The maximum Gasteiger partial charge on any atom is 0.217 e. The zero-order chi connectivity index (χ0) is 20.1. The molecule has 0 radical (unpaired) electrons. The van der Waals surface area contributed by atoms with Crippen molar-refractivity contribution in [2.75, 3.05) is 54.5 Å². The minimum Gasteiger partial charge on any atom is -0.492 e. The third-order valence-corrected chi connectivity index (χ3v) is 7.41. The van der Waals surface area contributed by atoms with Crippen molar-refractivity contribution in [3.63, 3.8) is 0 Å². The fourth-order valence-electron chi connectivity index (χ4n) is 2.43. The van der Waals surface area contributed by atoms with Crippen LogP contribution in [0.3, 0.4) is 0 Å². The van der Waals surface area contributed by atoms with E-state index in [9.17, 15) is 9.59 Å². The molecule has 0 saturated heterocycles. The van der Waals surface area contributed by atoms with Gasteiger partial charge in [-0.1, -0.05) is 0 Å². The van der Waals surface area contributed by atoms with Crippen molar-refractivity contribution in [2.24, 2.45) is 0 Å². The van der Waals surface area contributed by atoms with Crippen LogP contribution in [0.1, 0.15) is 0 Å². The van der Waals surface area contributed by atoms with Crippen LogP contribution in [0.2, 0.25) is 26.2 Å². The average molecular weight is 401 g/mol. The van der Waals surface area contributed by atoms with Crippen molar-refractivity contribution in [3.8, 4) is 11.5 Å². The Labute approximate surface area is 160 Å².